The molecule has 88 valence electrons. The van der Waals surface area contributed by atoms with Crippen LogP contribution in [0.3, 0.4) is 0 Å². The number of esters is 1. The third-order valence-corrected chi connectivity index (χ3v) is 2.14. The number of methoxy groups -OCH3 is 1. The maximum Gasteiger partial charge on any atom is 0.337 e. The molecule has 6 heteroatoms. The van der Waals surface area contributed by atoms with Gasteiger partial charge in [0.15, 0.2) is 6.10 Å². The van der Waals surface area contributed by atoms with Crippen LogP contribution < -0.4 is 5.56 Å². The van der Waals surface area contributed by atoms with Crippen LogP contribution in [0.2, 0.25) is 0 Å². The van der Waals surface area contributed by atoms with Crippen molar-refractivity contribution in [3.63, 3.8) is 0 Å². The molecule has 0 aliphatic heterocycles. The highest BCUT2D eigenvalue weighted by Gasteiger charge is 2.28. The van der Waals surface area contributed by atoms with Gasteiger partial charge in [-0.05, 0) is 18.6 Å². The normalized spacial score (nSPS) is 14.2. The highest BCUT2D eigenvalue weighted by atomic mass is 16.5. The number of hydrogen-bond acceptors (Lipinski definition) is 5. The number of carbonyl (C=O) groups excluding carboxylic acids is 1. The van der Waals surface area contributed by atoms with Crippen molar-refractivity contribution >= 4 is 5.97 Å². The molecule has 1 aromatic rings. The van der Waals surface area contributed by atoms with Crippen LogP contribution >= 0.6 is 0 Å². The van der Waals surface area contributed by atoms with Gasteiger partial charge in [-0.2, -0.15) is 0 Å². The number of aliphatic hydroxyl groups is 2. The summed E-state index contributed by atoms with van der Waals surface area (Å²) in [6.45, 7) is 1.71. The molecule has 0 aliphatic rings. The van der Waals surface area contributed by atoms with E-state index >= 15 is 0 Å². The summed E-state index contributed by atoms with van der Waals surface area (Å²) in [5.74, 6) is -0.992. The van der Waals surface area contributed by atoms with Crippen LogP contribution in [0.5, 0.6) is 0 Å². The molecule has 16 heavy (non-hydrogen) atoms. The molecule has 0 fully saturated rings. The monoisotopic (exact) mass is 227 g/mol. The molecule has 1 aromatic heterocycles. The van der Waals surface area contributed by atoms with Gasteiger partial charge >= 0.3 is 5.97 Å². The van der Waals surface area contributed by atoms with Gasteiger partial charge in [0.2, 0.25) is 0 Å². The largest absolute Gasteiger partial charge is 0.467 e. The quantitative estimate of drug-likeness (QED) is 0.590. The van der Waals surface area contributed by atoms with Crippen LogP contribution in [0.25, 0.3) is 0 Å². The Bertz CT molecular complexity index is 439. The van der Waals surface area contributed by atoms with Gasteiger partial charge < -0.3 is 19.9 Å². The maximum absolute atomic E-state index is 11.3. The highest BCUT2D eigenvalue weighted by molar-refractivity contribution is 5.75. The van der Waals surface area contributed by atoms with Gasteiger partial charge in [0.05, 0.1) is 7.11 Å². The van der Waals surface area contributed by atoms with Gasteiger partial charge in [0.25, 0.3) is 5.56 Å². The zero-order valence-electron chi connectivity index (χ0n) is 8.93. The predicted octanol–water partition coefficient (Wildman–Crippen LogP) is -0.749. The number of aryl methyl sites for hydroxylation is 1. The van der Waals surface area contributed by atoms with Crippen molar-refractivity contribution in [3.8, 4) is 0 Å². The van der Waals surface area contributed by atoms with Gasteiger partial charge in [0, 0.05) is 11.8 Å². The lowest BCUT2D eigenvalue weighted by Gasteiger charge is -2.15. The van der Waals surface area contributed by atoms with Gasteiger partial charge in [-0.3, -0.25) is 4.79 Å². The van der Waals surface area contributed by atoms with E-state index in [2.05, 4.69) is 9.72 Å². The number of hydrogen-bond donors (Lipinski definition) is 3. The smallest absolute Gasteiger partial charge is 0.337 e. The number of H-pyrrole nitrogens is 1. The SMILES string of the molecule is COC(=O)C(O)C(O)c1cc(C)c[nH]c1=O. The minimum atomic E-state index is -1.77. The molecule has 2 atom stereocenters. The van der Waals surface area contributed by atoms with Gasteiger partial charge in [0.1, 0.15) is 6.10 Å². The minimum absolute atomic E-state index is 0.0714. The molecule has 0 aromatic carbocycles. The van der Waals surface area contributed by atoms with Crippen molar-refractivity contribution < 1.29 is 19.7 Å². The zero-order chi connectivity index (χ0) is 12.3. The number of nitrogens with one attached hydrogen (secondary N) is 1. The van der Waals surface area contributed by atoms with E-state index in [1.807, 2.05) is 0 Å². The Balaban J connectivity index is 3.04. The highest BCUT2D eigenvalue weighted by Crippen LogP contribution is 2.14. The van der Waals surface area contributed by atoms with E-state index in [9.17, 15) is 19.8 Å². The molecule has 0 aliphatic carbocycles. The van der Waals surface area contributed by atoms with E-state index in [4.69, 9.17) is 0 Å². The summed E-state index contributed by atoms with van der Waals surface area (Å²) in [4.78, 5) is 24.7. The van der Waals surface area contributed by atoms with E-state index in [0.29, 0.717) is 5.56 Å². The zero-order valence-corrected chi connectivity index (χ0v) is 8.93. The molecule has 0 amide bonds. The van der Waals surface area contributed by atoms with Gasteiger partial charge in [-0.15, -0.1) is 0 Å². The number of aromatic nitrogens is 1. The second kappa shape index (κ2) is 4.91. The van der Waals surface area contributed by atoms with Crippen LogP contribution in [-0.4, -0.2) is 34.4 Å². The standard InChI is InChI=1S/C10H13NO5/c1-5-3-6(9(14)11-4-5)7(12)8(13)10(15)16-2/h3-4,7-8,12-13H,1-2H3,(H,11,14). The van der Waals surface area contributed by atoms with E-state index in [1.54, 1.807) is 6.92 Å². The van der Waals surface area contributed by atoms with Crippen LogP contribution in [0.15, 0.2) is 17.1 Å². The Morgan fingerprint density at radius 2 is 2.12 bits per heavy atom. The molecule has 1 heterocycles. The number of aliphatic hydroxyl groups excluding tert-OH is 2. The first kappa shape index (κ1) is 12.4. The maximum atomic E-state index is 11.3. The van der Waals surface area contributed by atoms with Crippen LogP contribution in [0.4, 0.5) is 0 Å². The molecule has 0 spiro atoms. The first-order chi connectivity index (χ1) is 7.47. The second-order valence-electron chi connectivity index (χ2n) is 3.37. The van der Waals surface area contributed by atoms with Crippen molar-refractivity contribution in [2.75, 3.05) is 7.11 Å². The van der Waals surface area contributed by atoms with Crippen molar-refractivity contribution in [2.24, 2.45) is 0 Å². The fourth-order valence-electron chi connectivity index (χ4n) is 1.25. The van der Waals surface area contributed by atoms with Crippen molar-refractivity contribution in [1.82, 2.24) is 4.98 Å². The first-order valence-electron chi connectivity index (χ1n) is 4.60. The third kappa shape index (κ3) is 2.47. The van der Waals surface area contributed by atoms with Gasteiger partial charge in [-0.25, -0.2) is 4.79 Å². The number of pyridine rings is 1. The Hall–Kier alpha value is -1.66. The Morgan fingerprint density at radius 3 is 2.69 bits per heavy atom. The number of aromatic amines is 1. The summed E-state index contributed by atoms with van der Waals surface area (Å²) in [5.41, 5.74) is 0.0738. The van der Waals surface area contributed by atoms with Crippen molar-refractivity contribution in [1.29, 1.82) is 0 Å². The summed E-state index contributed by atoms with van der Waals surface area (Å²) >= 11 is 0. The lowest BCUT2D eigenvalue weighted by molar-refractivity contribution is -0.156. The molecule has 6 nitrogen and oxygen atoms in total. The molecule has 0 radical (unpaired) electrons. The minimum Gasteiger partial charge on any atom is -0.467 e. The summed E-state index contributed by atoms with van der Waals surface area (Å²) in [7, 11) is 1.08. The van der Waals surface area contributed by atoms with Gasteiger partial charge in [-0.1, -0.05) is 0 Å². The average molecular weight is 227 g/mol. The third-order valence-electron chi connectivity index (χ3n) is 2.14. The predicted molar refractivity (Wildman–Crippen MR) is 54.8 cm³/mol. The number of rotatable bonds is 3. The number of carbonyl (C=O) groups is 1. The van der Waals surface area contributed by atoms with Crippen LogP contribution in [0.1, 0.15) is 17.2 Å². The Kier molecular flexibility index (Phi) is 3.81. The average Bonchev–Trinajstić information content (AvgIpc) is 2.29. The number of ether oxygens (including phenoxy) is 1. The molecular formula is C10H13NO5. The molecule has 1 rings (SSSR count). The van der Waals surface area contributed by atoms with Crippen LogP contribution in [-0.2, 0) is 9.53 Å². The molecule has 3 N–H and O–H groups in total. The fourth-order valence-corrected chi connectivity index (χ4v) is 1.25. The van der Waals surface area contributed by atoms with Crippen molar-refractivity contribution in [2.45, 2.75) is 19.1 Å². The topological polar surface area (TPSA) is 99.6 Å². The first-order valence-corrected chi connectivity index (χ1v) is 4.60. The lowest BCUT2D eigenvalue weighted by Crippen LogP contribution is -2.32. The van der Waals surface area contributed by atoms with Crippen LogP contribution in [0, 0.1) is 6.92 Å². The molecule has 0 bridgehead atoms. The summed E-state index contributed by atoms with van der Waals surface area (Å²) in [6, 6.07) is 1.40. The van der Waals surface area contributed by atoms with E-state index in [-0.39, 0.29) is 5.56 Å². The Labute approximate surface area is 91.5 Å². The molecular weight excluding hydrogens is 214 g/mol. The molecule has 2 unspecified atom stereocenters. The van der Waals surface area contributed by atoms with E-state index < -0.39 is 23.7 Å². The second-order valence-corrected chi connectivity index (χ2v) is 3.37. The lowest BCUT2D eigenvalue weighted by atomic mass is 10.0. The summed E-state index contributed by atoms with van der Waals surface area (Å²) in [5, 5.41) is 19.0. The Morgan fingerprint density at radius 1 is 1.50 bits per heavy atom. The molecule has 0 saturated carbocycles. The van der Waals surface area contributed by atoms with E-state index in [1.165, 1.54) is 12.3 Å². The van der Waals surface area contributed by atoms with Crippen molar-refractivity contribution in [3.05, 3.63) is 33.7 Å². The van der Waals surface area contributed by atoms with E-state index in [0.717, 1.165) is 7.11 Å². The summed E-state index contributed by atoms with van der Waals surface area (Å²) < 4.78 is 4.26. The summed E-state index contributed by atoms with van der Waals surface area (Å²) in [6.07, 6.45) is -1.91. The fraction of sp³-hybridized carbons (Fsp3) is 0.400. The molecule has 0 saturated heterocycles.